The van der Waals surface area contributed by atoms with Crippen LogP contribution in [-0.4, -0.2) is 18.3 Å². The van der Waals surface area contributed by atoms with Crippen molar-refractivity contribution in [1.29, 1.82) is 0 Å². The molecule has 1 heterocycles. The van der Waals surface area contributed by atoms with Crippen LogP contribution in [0.15, 0.2) is 0 Å². The molecule has 100 valence electrons. The van der Waals surface area contributed by atoms with E-state index < -0.39 is 0 Å². The van der Waals surface area contributed by atoms with Crippen LogP contribution in [-0.2, 0) is 9.31 Å². The molecule has 0 aromatic carbocycles. The fourth-order valence-corrected chi connectivity index (χ4v) is 2.58. The van der Waals surface area contributed by atoms with Gasteiger partial charge in [-0.1, -0.05) is 25.1 Å². The Hall–Kier alpha value is -0.455. The summed E-state index contributed by atoms with van der Waals surface area (Å²) in [5.41, 5.74) is -0.533. The van der Waals surface area contributed by atoms with E-state index in [-0.39, 0.29) is 18.3 Å². The van der Waals surface area contributed by atoms with E-state index in [0.717, 1.165) is 12.3 Å². The molecule has 0 atom stereocenters. The predicted octanol–water partition coefficient (Wildman–Crippen LogP) is 3.59. The molecule has 2 fully saturated rings. The second-order valence-corrected chi connectivity index (χ2v) is 6.62. The van der Waals surface area contributed by atoms with Crippen molar-refractivity contribution in [1.82, 2.24) is 0 Å². The van der Waals surface area contributed by atoms with Crippen molar-refractivity contribution in [3.8, 4) is 11.7 Å². The zero-order valence-corrected chi connectivity index (χ0v) is 12.2. The lowest BCUT2D eigenvalue weighted by molar-refractivity contribution is 0.00578. The van der Waals surface area contributed by atoms with Crippen molar-refractivity contribution in [2.45, 2.75) is 77.4 Å². The molecule has 0 unspecified atom stereocenters. The Balaban J connectivity index is 1.84. The van der Waals surface area contributed by atoms with Crippen molar-refractivity contribution in [2.24, 2.45) is 5.92 Å². The normalized spacial score (nSPS) is 26.8. The van der Waals surface area contributed by atoms with Gasteiger partial charge in [-0.25, -0.2) is 0 Å². The Kier molecular flexibility index (Phi) is 4.09. The van der Waals surface area contributed by atoms with Gasteiger partial charge in [-0.2, -0.15) is 0 Å². The number of hydrogen-bond donors (Lipinski definition) is 0. The average molecular weight is 248 g/mol. The fraction of sp³-hybridized carbons (Fsp3) is 0.867. The lowest BCUT2D eigenvalue weighted by Crippen LogP contribution is -2.41. The second kappa shape index (κ2) is 5.27. The van der Waals surface area contributed by atoms with Gasteiger partial charge in [-0.3, -0.25) is 0 Å². The van der Waals surface area contributed by atoms with E-state index in [2.05, 4.69) is 39.4 Å². The Morgan fingerprint density at radius 1 is 1.00 bits per heavy atom. The summed E-state index contributed by atoms with van der Waals surface area (Å²) in [5.74, 6) is 7.22. The Bertz CT molecular complexity index is 329. The van der Waals surface area contributed by atoms with Crippen LogP contribution in [0.2, 0.25) is 0 Å². The third-order valence-electron chi connectivity index (χ3n) is 4.59. The molecule has 0 amide bonds. The minimum absolute atomic E-state index is 0.267. The molecule has 0 N–H and O–H groups in total. The van der Waals surface area contributed by atoms with Gasteiger partial charge < -0.3 is 9.31 Å². The Labute approximate surface area is 112 Å². The maximum absolute atomic E-state index is 5.86. The molecule has 2 nitrogen and oxygen atoms in total. The molecule has 1 saturated heterocycles. The van der Waals surface area contributed by atoms with E-state index in [1.807, 2.05) is 0 Å². The van der Waals surface area contributed by atoms with Crippen molar-refractivity contribution in [3.05, 3.63) is 0 Å². The molecule has 1 saturated carbocycles. The zero-order chi connectivity index (χ0) is 13.2. The molecular weight excluding hydrogens is 223 g/mol. The van der Waals surface area contributed by atoms with Crippen molar-refractivity contribution in [3.63, 3.8) is 0 Å². The van der Waals surface area contributed by atoms with Gasteiger partial charge in [-0.15, -0.1) is 5.92 Å². The van der Waals surface area contributed by atoms with E-state index in [0.29, 0.717) is 0 Å². The van der Waals surface area contributed by atoms with Crippen molar-refractivity contribution < 1.29 is 9.31 Å². The second-order valence-electron chi connectivity index (χ2n) is 6.62. The Morgan fingerprint density at radius 2 is 1.56 bits per heavy atom. The molecule has 0 spiro atoms. The molecule has 0 aromatic heterocycles. The highest BCUT2D eigenvalue weighted by Crippen LogP contribution is 2.36. The van der Waals surface area contributed by atoms with Gasteiger partial charge in [-0.05, 0) is 46.5 Å². The van der Waals surface area contributed by atoms with Crippen LogP contribution in [0.4, 0.5) is 0 Å². The highest BCUT2D eigenvalue weighted by Gasteiger charge is 2.50. The van der Waals surface area contributed by atoms with E-state index in [1.54, 1.807) is 0 Å². The smallest absolute Gasteiger partial charge is 0.392 e. The summed E-state index contributed by atoms with van der Waals surface area (Å²) >= 11 is 0. The van der Waals surface area contributed by atoms with Crippen molar-refractivity contribution in [2.75, 3.05) is 0 Å². The van der Waals surface area contributed by atoms with Crippen LogP contribution in [0.5, 0.6) is 0 Å². The van der Waals surface area contributed by atoms with Gasteiger partial charge >= 0.3 is 7.12 Å². The van der Waals surface area contributed by atoms with Crippen LogP contribution in [0.25, 0.3) is 0 Å². The monoisotopic (exact) mass is 248 g/mol. The first-order valence-corrected chi connectivity index (χ1v) is 7.25. The summed E-state index contributed by atoms with van der Waals surface area (Å²) in [5, 5.41) is 0. The van der Waals surface area contributed by atoms with Crippen LogP contribution in [0.3, 0.4) is 0 Å². The zero-order valence-electron chi connectivity index (χ0n) is 12.2. The summed E-state index contributed by atoms with van der Waals surface area (Å²) < 4.78 is 11.7. The highest BCUT2D eigenvalue weighted by atomic mass is 16.7. The molecular formula is C15H25BO2. The summed E-state index contributed by atoms with van der Waals surface area (Å²) in [7, 11) is -0.349. The molecule has 0 radical (unpaired) electrons. The largest absolute Gasteiger partial charge is 0.551 e. The van der Waals surface area contributed by atoms with Gasteiger partial charge in [0.1, 0.15) is 0 Å². The van der Waals surface area contributed by atoms with Gasteiger partial charge in [0.05, 0.1) is 11.2 Å². The topological polar surface area (TPSA) is 18.5 Å². The van der Waals surface area contributed by atoms with E-state index >= 15 is 0 Å². The van der Waals surface area contributed by atoms with Crippen LogP contribution in [0, 0.1) is 17.7 Å². The summed E-state index contributed by atoms with van der Waals surface area (Å²) in [6.07, 6.45) is 7.85. The summed E-state index contributed by atoms with van der Waals surface area (Å²) in [6, 6.07) is 0. The fourth-order valence-electron chi connectivity index (χ4n) is 2.58. The van der Waals surface area contributed by atoms with E-state index in [9.17, 15) is 0 Å². The minimum atomic E-state index is -0.349. The maximum Gasteiger partial charge on any atom is 0.551 e. The summed E-state index contributed by atoms with van der Waals surface area (Å²) in [6.45, 7) is 8.26. The SMILES string of the molecule is CC1(C)OB(C#CCC2CCCCC2)OC1(C)C. The molecule has 1 aliphatic carbocycles. The first kappa shape index (κ1) is 14.0. The summed E-state index contributed by atoms with van der Waals surface area (Å²) in [4.78, 5) is 0. The van der Waals surface area contributed by atoms with E-state index in [1.165, 1.54) is 32.1 Å². The average Bonchev–Trinajstić information content (AvgIpc) is 2.49. The molecule has 2 rings (SSSR count). The van der Waals surface area contributed by atoms with Gasteiger partial charge in [0.25, 0.3) is 0 Å². The lowest BCUT2D eigenvalue weighted by atomic mass is 9.85. The van der Waals surface area contributed by atoms with Gasteiger partial charge in [0.2, 0.25) is 0 Å². The first-order valence-electron chi connectivity index (χ1n) is 7.25. The number of hydrogen-bond acceptors (Lipinski definition) is 2. The van der Waals surface area contributed by atoms with Crippen LogP contribution in [0.1, 0.15) is 66.2 Å². The first-order chi connectivity index (χ1) is 8.41. The van der Waals surface area contributed by atoms with Gasteiger partial charge in [0.15, 0.2) is 0 Å². The number of rotatable bonds is 1. The van der Waals surface area contributed by atoms with Crippen molar-refractivity contribution >= 4 is 7.12 Å². The molecule has 2 aliphatic rings. The molecule has 1 aliphatic heterocycles. The Morgan fingerprint density at radius 3 is 2.11 bits per heavy atom. The maximum atomic E-state index is 5.86. The lowest BCUT2D eigenvalue weighted by Gasteiger charge is -2.32. The quantitative estimate of drug-likeness (QED) is 0.521. The van der Waals surface area contributed by atoms with Crippen LogP contribution >= 0.6 is 0 Å². The highest BCUT2D eigenvalue weighted by molar-refractivity contribution is 6.55. The third-order valence-corrected chi connectivity index (χ3v) is 4.59. The molecule has 3 heteroatoms. The molecule has 18 heavy (non-hydrogen) atoms. The molecule has 0 bridgehead atoms. The van der Waals surface area contributed by atoms with Crippen LogP contribution < -0.4 is 0 Å². The standard InChI is InChI=1S/C15H25BO2/c1-14(2)15(3,4)18-16(17-14)12-8-11-13-9-6-5-7-10-13/h13H,5-7,9-11H2,1-4H3. The van der Waals surface area contributed by atoms with E-state index in [4.69, 9.17) is 9.31 Å². The predicted molar refractivity (Wildman–Crippen MR) is 75.1 cm³/mol. The molecule has 0 aromatic rings. The minimum Gasteiger partial charge on any atom is -0.392 e. The van der Waals surface area contributed by atoms with Gasteiger partial charge in [0, 0.05) is 6.42 Å². The third kappa shape index (κ3) is 3.10.